The standard InChI is InChI=1S/C20H24N4O13/c1-9(25)33-8-16-18(34-10(2)26)17(19(35-11(3)27)20(37-16)36-12(4)28)22-21-13-5-6-14(23(29)30)15(7-13)24(31)32/h5-7,16-22H,8H2,1-4H3/t16-,17-,18+,19+,20-/m0/s1. The van der Waals surface area contributed by atoms with Crippen molar-refractivity contribution in [3.63, 3.8) is 0 Å². The number of benzene rings is 1. The van der Waals surface area contributed by atoms with Gasteiger partial charge in [0.25, 0.3) is 0 Å². The first-order valence-electron chi connectivity index (χ1n) is 10.5. The number of rotatable bonds is 10. The van der Waals surface area contributed by atoms with Crippen LogP contribution in [0.3, 0.4) is 0 Å². The molecular weight excluding hydrogens is 504 g/mol. The number of carbonyl (C=O) groups excluding carboxylic acids is 4. The number of hydrazine groups is 1. The summed E-state index contributed by atoms with van der Waals surface area (Å²) in [4.78, 5) is 67.2. The Morgan fingerprint density at radius 1 is 0.865 bits per heavy atom. The topological polar surface area (TPSA) is 225 Å². The number of ether oxygens (including phenoxy) is 5. The van der Waals surface area contributed by atoms with E-state index in [1.807, 2.05) is 0 Å². The van der Waals surface area contributed by atoms with Gasteiger partial charge in [0, 0.05) is 39.8 Å². The largest absolute Gasteiger partial charge is 0.463 e. The first kappa shape index (κ1) is 28.9. The molecule has 202 valence electrons. The Morgan fingerprint density at radius 3 is 1.95 bits per heavy atom. The molecule has 0 unspecified atom stereocenters. The Labute approximate surface area is 208 Å². The number of nitrogens with one attached hydrogen (secondary N) is 2. The zero-order chi connectivity index (χ0) is 27.9. The molecule has 0 bridgehead atoms. The van der Waals surface area contributed by atoms with Gasteiger partial charge in [-0.3, -0.25) is 39.4 Å². The normalized spacial score (nSPS) is 22.8. The molecule has 1 aliphatic heterocycles. The van der Waals surface area contributed by atoms with Crippen LogP contribution in [-0.4, -0.2) is 71.0 Å². The summed E-state index contributed by atoms with van der Waals surface area (Å²) in [5, 5.41) is 22.4. The van der Waals surface area contributed by atoms with E-state index in [2.05, 4.69) is 10.9 Å². The van der Waals surface area contributed by atoms with Crippen molar-refractivity contribution in [3.8, 4) is 0 Å². The smallest absolute Gasteiger partial charge is 0.348 e. The fourth-order valence-corrected chi connectivity index (χ4v) is 3.40. The average Bonchev–Trinajstić information content (AvgIpc) is 2.77. The highest BCUT2D eigenvalue weighted by Gasteiger charge is 2.51. The zero-order valence-corrected chi connectivity index (χ0v) is 20.0. The molecule has 0 aliphatic carbocycles. The van der Waals surface area contributed by atoms with Gasteiger partial charge in [0.05, 0.1) is 15.5 Å². The SMILES string of the molecule is CC(=O)OC[C@@H]1O[C@H](OC(C)=O)[C@H](OC(C)=O)[C@@H](NNc2ccc([N+](=O)[O-])c([N+](=O)[O-])c2)[C@@H]1OC(C)=O. The van der Waals surface area contributed by atoms with Crippen LogP contribution in [0.4, 0.5) is 17.1 Å². The van der Waals surface area contributed by atoms with Crippen LogP contribution in [0.5, 0.6) is 0 Å². The highest BCUT2D eigenvalue weighted by atomic mass is 16.7. The number of esters is 4. The van der Waals surface area contributed by atoms with E-state index < -0.39 is 82.3 Å². The van der Waals surface area contributed by atoms with Gasteiger partial charge >= 0.3 is 35.3 Å². The molecule has 17 nitrogen and oxygen atoms in total. The third-order valence-electron chi connectivity index (χ3n) is 4.74. The summed E-state index contributed by atoms with van der Waals surface area (Å²) < 4.78 is 26.3. The molecule has 2 N–H and O–H groups in total. The number of carbonyl (C=O) groups is 4. The number of nitrogens with zero attached hydrogens (tertiary/aromatic N) is 2. The summed E-state index contributed by atoms with van der Waals surface area (Å²) in [5.74, 6) is -3.15. The molecule has 5 atom stereocenters. The summed E-state index contributed by atoms with van der Waals surface area (Å²) in [7, 11) is 0. The van der Waals surface area contributed by atoms with Crippen molar-refractivity contribution in [2.24, 2.45) is 0 Å². The molecule has 0 amide bonds. The molecule has 37 heavy (non-hydrogen) atoms. The van der Waals surface area contributed by atoms with Gasteiger partial charge in [-0.2, -0.15) is 0 Å². The van der Waals surface area contributed by atoms with Gasteiger partial charge in [-0.25, -0.2) is 5.43 Å². The zero-order valence-electron chi connectivity index (χ0n) is 20.0. The van der Waals surface area contributed by atoms with Crippen molar-refractivity contribution in [1.82, 2.24) is 5.43 Å². The number of anilines is 1. The molecule has 0 aromatic heterocycles. The van der Waals surface area contributed by atoms with E-state index in [1.54, 1.807) is 0 Å². The molecule has 1 heterocycles. The first-order valence-corrected chi connectivity index (χ1v) is 10.5. The van der Waals surface area contributed by atoms with Gasteiger partial charge in [-0.1, -0.05) is 0 Å². The Balaban J connectivity index is 2.48. The Hall–Kier alpha value is -4.38. The van der Waals surface area contributed by atoms with Crippen molar-refractivity contribution < 1.29 is 52.7 Å². The monoisotopic (exact) mass is 528 g/mol. The van der Waals surface area contributed by atoms with E-state index in [1.165, 1.54) is 0 Å². The lowest BCUT2D eigenvalue weighted by Crippen LogP contribution is -2.67. The Morgan fingerprint density at radius 2 is 1.43 bits per heavy atom. The molecule has 1 aromatic carbocycles. The Bertz CT molecular complexity index is 1080. The van der Waals surface area contributed by atoms with Gasteiger partial charge in [0.15, 0.2) is 12.2 Å². The molecule has 0 spiro atoms. The van der Waals surface area contributed by atoms with Gasteiger partial charge in [0.1, 0.15) is 18.8 Å². The fraction of sp³-hybridized carbons (Fsp3) is 0.500. The van der Waals surface area contributed by atoms with Gasteiger partial charge in [-0.05, 0) is 6.07 Å². The predicted octanol–water partition coefficient (Wildman–Crippen LogP) is 0.503. The van der Waals surface area contributed by atoms with Crippen LogP contribution in [0.25, 0.3) is 0 Å². The van der Waals surface area contributed by atoms with Crippen molar-refractivity contribution in [2.45, 2.75) is 58.3 Å². The third kappa shape index (κ3) is 8.07. The first-order chi connectivity index (χ1) is 17.3. The van der Waals surface area contributed by atoms with E-state index in [4.69, 9.17) is 23.7 Å². The molecule has 1 aromatic rings. The predicted molar refractivity (Wildman–Crippen MR) is 118 cm³/mol. The minimum absolute atomic E-state index is 0.0347. The third-order valence-corrected chi connectivity index (χ3v) is 4.74. The molecule has 0 saturated carbocycles. The minimum Gasteiger partial charge on any atom is -0.463 e. The highest BCUT2D eigenvalue weighted by molar-refractivity contribution is 5.68. The molecule has 1 fully saturated rings. The average molecular weight is 528 g/mol. The number of nitro benzene ring substituents is 2. The van der Waals surface area contributed by atoms with Crippen LogP contribution in [0.2, 0.25) is 0 Å². The van der Waals surface area contributed by atoms with E-state index in [-0.39, 0.29) is 5.69 Å². The summed E-state index contributed by atoms with van der Waals surface area (Å²) in [6.07, 6.45) is -5.55. The summed E-state index contributed by atoms with van der Waals surface area (Å²) in [5.41, 5.74) is 3.65. The lowest BCUT2D eigenvalue weighted by molar-refractivity contribution is -0.422. The number of hydrogen-bond acceptors (Lipinski definition) is 15. The van der Waals surface area contributed by atoms with Crippen molar-refractivity contribution in [2.75, 3.05) is 12.0 Å². The van der Waals surface area contributed by atoms with Gasteiger partial charge < -0.3 is 29.1 Å². The maximum atomic E-state index is 11.9. The molecule has 17 heteroatoms. The number of hydrogen-bond donors (Lipinski definition) is 2. The minimum atomic E-state index is -1.56. The lowest BCUT2D eigenvalue weighted by Gasteiger charge is -2.44. The molecule has 0 radical (unpaired) electrons. The van der Waals surface area contributed by atoms with E-state index in [9.17, 15) is 39.4 Å². The summed E-state index contributed by atoms with van der Waals surface area (Å²) >= 11 is 0. The van der Waals surface area contributed by atoms with Crippen molar-refractivity contribution >= 4 is 40.9 Å². The van der Waals surface area contributed by atoms with Crippen LogP contribution in [0.1, 0.15) is 27.7 Å². The van der Waals surface area contributed by atoms with Crippen LogP contribution < -0.4 is 10.9 Å². The van der Waals surface area contributed by atoms with E-state index in [0.717, 1.165) is 45.9 Å². The highest BCUT2D eigenvalue weighted by Crippen LogP contribution is 2.31. The molecule has 1 saturated heterocycles. The Kier molecular flexibility index (Phi) is 9.78. The van der Waals surface area contributed by atoms with Crippen LogP contribution in [-0.2, 0) is 42.9 Å². The summed E-state index contributed by atoms with van der Waals surface area (Å²) in [6, 6.07) is 1.65. The second-order valence-corrected chi connectivity index (χ2v) is 7.62. The van der Waals surface area contributed by atoms with E-state index >= 15 is 0 Å². The van der Waals surface area contributed by atoms with Crippen molar-refractivity contribution in [1.29, 1.82) is 0 Å². The second kappa shape index (κ2) is 12.5. The van der Waals surface area contributed by atoms with Crippen molar-refractivity contribution in [3.05, 3.63) is 38.4 Å². The maximum Gasteiger partial charge on any atom is 0.348 e. The molecule has 1 aliphatic rings. The van der Waals surface area contributed by atoms with Gasteiger partial charge in [0.2, 0.25) is 6.29 Å². The quantitative estimate of drug-likeness (QED) is 0.182. The fourth-order valence-electron chi connectivity index (χ4n) is 3.40. The number of nitro groups is 2. The van der Waals surface area contributed by atoms with Crippen LogP contribution in [0, 0.1) is 20.2 Å². The summed E-state index contributed by atoms with van der Waals surface area (Å²) in [6.45, 7) is 3.85. The maximum absolute atomic E-state index is 11.9. The van der Waals surface area contributed by atoms with Crippen LogP contribution in [0.15, 0.2) is 18.2 Å². The molecule has 2 rings (SSSR count). The molecular formula is C20H24N4O13. The van der Waals surface area contributed by atoms with Gasteiger partial charge in [-0.15, -0.1) is 0 Å². The second-order valence-electron chi connectivity index (χ2n) is 7.62. The van der Waals surface area contributed by atoms with Crippen LogP contribution >= 0.6 is 0 Å². The lowest BCUT2D eigenvalue weighted by atomic mass is 9.96. The van der Waals surface area contributed by atoms with E-state index in [0.29, 0.717) is 0 Å².